The zero-order valence-corrected chi connectivity index (χ0v) is 13.6. The van der Waals surface area contributed by atoms with Crippen LogP contribution >= 0.6 is 0 Å². The summed E-state index contributed by atoms with van der Waals surface area (Å²) in [5.74, 6) is 1.20. The van der Waals surface area contributed by atoms with Gasteiger partial charge in [0.2, 0.25) is 11.7 Å². The van der Waals surface area contributed by atoms with Crippen LogP contribution in [0.2, 0.25) is 0 Å². The second-order valence-corrected chi connectivity index (χ2v) is 5.79. The Bertz CT molecular complexity index is 908. The number of rotatable bonds is 4. The summed E-state index contributed by atoms with van der Waals surface area (Å²) in [4.78, 5) is 20.9. The van der Waals surface area contributed by atoms with Crippen LogP contribution in [0.5, 0.6) is 5.75 Å². The molecule has 0 spiro atoms. The van der Waals surface area contributed by atoms with Gasteiger partial charge in [-0.25, -0.2) is 0 Å². The molecule has 1 unspecified atom stereocenters. The number of carbonyl (C=O) groups excluding carboxylic acids is 1. The predicted octanol–water partition coefficient (Wildman–Crippen LogP) is 2.56. The second kappa shape index (κ2) is 6.35. The molecule has 1 amide bonds. The van der Waals surface area contributed by atoms with E-state index in [1.54, 1.807) is 31.5 Å². The molecule has 3 aromatic rings. The van der Waals surface area contributed by atoms with Crippen molar-refractivity contribution in [3.63, 3.8) is 0 Å². The first-order valence-electron chi connectivity index (χ1n) is 8.02. The van der Waals surface area contributed by atoms with Gasteiger partial charge in [0.05, 0.1) is 12.2 Å². The van der Waals surface area contributed by atoms with E-state index < -0.39 is 6.04 Å². The molecule has 7 heteroatoms. The molecule has 126 valence electrons. The Morgan fingerprint density at radius 1 is 1.28 bits per heavy atom. The highest BCUT2D eigenvalue weighted by atomic mass is 16.5. The topological polar surface area (TPSA) is 90.1 Å². The highest BCUT2D eigenvalue weighted by Gasteiger charge is 2.23. The van der Waals surface area contributed by atoms with Crippen LogP contribution in [0.1, 0.15) is 34.8 Å². The van der Waals surface area contributed by atoms with Gasteiger partial charge in [0.15, 0.2) is 0 Å². The lowest BCUT2D eigenvalue weighted by atomic mass is 10.1. The van der Waals surface area contributed by atoms with Crippen molar-refractivity contribution in [2.24, 2.45) is 0 Å². The zero-order chi connectivity index (χ0) is 17.2. The summed E-state index contributed by atoms with van der Waals surface area (Å²) in [5, 5.41) is 6.82. The molecule has 0 saturated carbocycles. The fourth-order valence-corrected chi connectivity index (χ4v) is 2.75. The van der Waals surface area contributed by atoms with Gasteiger partial charge in [-0.2, -0.15) is 4.98 Å². The number of hydrogen-bond acceptors (Lipinski definition) is 6. The monoisotopic (exact) mass is 336 g/mol. The number of carbonyl (C=O) groups is 1. The van der Waals surface area contributed by atoms with Gasteiger partial charge in [-0.15, -0.1) is 0 Å². The maximum absolute atomic E-state index is 12.6. The fourth-order valence-electron chi connectivity index (χ4n) is 2.75. The second-order valence-electron chi connectivity index (χ2n) is 5.79. The molecule has 7 nitrogen and oxygen atoms in total. The zero-order valence-electron chi connectivity index (χ0n) is 13.6. The minimum absolute atomic E-state index is 0.229. The Morgan fingerprint density at radius 3 is 3.04 bits per heavy atom. The van der Waals surface area contributed by atoms with Crippen molar-refractivity contribution in [1.82, 2.24) is 20.4 Å². The van der Waals surface area contributed by atoms with Crippen LogP contribution in [-0.2, 0) is 6.42 Å². The molecule has 1 aliphatic heterocycles. The molecule has 1 atom stereocenters. The number of amides is 1. The number of ether oxygens (including phenoxy) is 1. The van der Waals surface area contributed by atoms with Gasteiger partial charge in [0.1, 0.15) is 11.8 Å². The Labute approximate surface area is 144 Å². The molecule has 0 saturated heterocycles. The minimum Gasteiger partial charge on any atom is -0.492 e. The number of para-hydroxylation sites is 1. The molecule has 0 fully saturated rings. The summed E-state index contributed by atoms with van der Waals surface area (Å²) < 4.78 is 10.9. The van der Waals surface area contributed by atoms with Crippen LogP contribution in [0.4, 0.5) is 0 Å². The Balaban J connectivity index is 1.51. The maximum Gasteiger partial charge on any atom is 0.255 e. The van der Waals surface area contributed by atoms with Crippen LogP contribution in [0, 0.1) is 0 Å². The molecule has 2 aromatic heterocycles. The van der Waals surface area contributed by atoms with Crippen LogP contribution in [0.15, 0.2) is 47.2 Å². The molecule has 1 aliphatic rings. The molecule has 4 rings (SSSR count). The Morgan fingerprint density at radius 2 is 2.20 bits per heavy atom. The smallest absolute Gasteiger partial charge is 0.255 e. The Hall–Kier alpha value is -3.22. The van der Waals surface area contributed by atoms with Gasteiger partial charge < -0.3 is 14.6 Å². The summed E-state index contributed by atoms with van der Waals surface area (Å²) in [7, 11) is 0. The molecule has 0 radical (unpaired) electrons. The minimum atomic E-state index is -0.428. The molecule has 25 heavy (non-hydrogen) atoms. The molecular weight excluding hydrogens is 320 g/mol. The lowest BCUT2D eigenvalue weighted by Crippen LogP contribution is -2.27. The number of hydrogen-bond donors (Lipinski definition) is 1. The van der Waals surface area contributed by atoms with Crippen molar-refractivity contribution >= 4 is 5.91 Å². The van der Waals surface area contributed by atoms with Gasteiger partial charge in [0.25, 0.3) is 5.91 Å². The summed E-state index contributed by atoms with van der Waals surface area (Å²) >= 11 is 0. The molecular formula is C18H16N4O3. The van der Waals surface area contributed by atoms with Crippen molar-refractivity contribution < 1.29 is 14.1 Å². The standard InChI is InChI=1S/C18H16N4O3/c1-11(18-21-16(22-25-18)13-5-3-8-19-10-13)20-17(23)14-6-2-4-12-7-9-24-15(12)14/h2-6,8,10-11H,7,9H2,1H3,(H,20,23). The number of nitrogens with zero attached hydrogens (tertiary/aromatic N) is 3. The largest absolute Gasteiger partial charge is 0.492 e. The molecule has 3 heterocycles. The van der Waals surface area contributed by atoms with E-state index in [1.165, 1.54) is 0 Å². The van der Waals surface area contributed by atoms with E-state index in [1.807, 2.05) is 18.2 Å². The van der Waals surface area contributed by atoms with Crippen LogP contribution in [0.3, 0.4) is 0 Å². The van der Waals surface area contributed by atoms with Crippen molar-refractivity contribution in [2.45, 2.75) is 19.4 Å². The number of fused-ring (bicyclic) bond motifs is 1. The molecule has 1 aromatic carbocycles. The van der Waals surface area contributed by atoms with Crippen LogP contribution in [0.25, 0.3) is 11.4 Å². The van der Waals surface area contributed by atoms with Crippen LogP contribution < -0.4 is 10.1 Å². The predicted molar refractivity (Wildman–Crippen MR) is 89.1 cm³/mol. The highest BCUT2D eigenvalue weighted by molar-refractivity contribution is 5.97. The van der Waals surface area contributed by atoms with E-state index in [9.17, 15) is 4.79 Å². The SMILES string of the molecule is CC(NC(=O)c1cccc2c1OCC2)c1nc(-c2cccnc2)no1. The highest BCUT2D eigenvalue weighted by Crippen LogP contribution is 2.29. The summed E-state index contributed by atoms with van der Waals surface area (Å²) in [6.07, 6.45) is 4.15. The third-order valence-electron chi connectivity index (χ3n) is 4.04. The van der Waals surface area contributed by atoms with Gasteiger partial charge in [-0.1, -0.05) is 17.3 Å². The fraction of sp³-hybridized carbons (Fsp3) is 0.222. The third kappa shape index (κ3) is 2.96. The van der Waals surface area contributed by atoms with Crippen molar-refractivity contribution in [1.29, 1.82) is 0 Å². The third-order valence-corrected chi connectivity index (χ3v) is 4.04. The van der Waals surface area contributed by atoms with E-state index in [4.69, 9.17) is 9.26 Å². The number of benzene rings is 1. The molecule has 0 aliphatic carbocycles. The quantitative estimate of drug-likeness (QED) is 0.787. The van der Waals surface area contributed by atoms with Gasteiger partial charge in [0, 0.05) is 24.4 Å². The maximum atomic E-state index is 12.6. The summed E-state index contributed by atoms with van der Waals surface area (Å²) in [5.41, 5.74) is 2.33. The first-order chi connectivity index (χ1) is 12.2. The van der Waals surface area contributed by atoms with Crippen molar-refractivity contribution in [3.8, 4) is 17.1 Å². The Kier molecular flexibility index (Phi) is 3.89. The summed E-state index contributed by atoms with van der Waals surface area (Å²) in [6.45, 7) is 2.40. The van der Waals surface area contributed by atoms with Crippen LogP contribution in [-0.4, -0.2) is 27.6 Å². The van der Waals surface area contributed by atoms with E-state index >= 15 is 0 Å². The normalized spacial score (nSPS) is 13.8. The average Bonchev–Trinajstić information content (AvgIpc) is 3.31. The van der Waals surface area contributed by atoms with Crippen molar-refractivity contribution in [2.75, 3.05) is 6.61 Å². The average molecular weight is 336 g/mol. The molecule has 0 bridgehead atoms. The lowest BCUT2D eigenvalue weighted by Gasteiger charge is -2.12. The van der Waals surface area contributed by atoms with Gasteiger partial charge >= 0.3 is 0 Å². The van der Waals surface area contributed by atoms with E-state index in [-0.39, 0.29) is 5.91 Å². The van der Waals surface area contributed by atoms with E-state index in [2.05, 4.69) is 20.4 Å². The van der Waals surface area contributed by atoms with Gasteiger partial charge in [-0.3, -0.25) is 9.78 Å². The lowest BCUT2D eigenvalue weighted by molar-refractivity contribution is 0.0929. The first-order valence-corrected chi connectivity index (χ1v) is 8.02. The first kappa shape index (κ1) is 15.3. The summed E-state index contributed by atoms with van der Waals surface area (Å²) in [6, 6.07) is 8.80. The number of pyridine rings is 1. The number of nitrogens with one attached hydrogen (secondary N) is 1. The van der Waals surface area contributed by atoms with Gasteiger partial charge in [-0.05, 0) is 30.7 Å². The van der Waals surface area contributed by atoms with E-state index in [0.717, 1.165) is 17.5 Å². The molecule has 1 N–H and O–H groups in total. The van der Waals surface area contributed by atoms with Crippen molar-refractivity contribution in [3.05, 3.63) is 59.7 Å². The number of aromatic nitrogens is 3. The van der Waals surface area contributed by atoms with E-state index in [0.29, 0.717) is 29.6 Å².